The molecule has 3 nitrogen and oxygen atoms in total. The van der Waals surface area contributed by atoms with E-state index in [1.165, 1.54) is 10.4 Å². The van der Waals surface area contributed by atoms with Crippen molar-refractivity contribution in [2.45, 2.75) is 19.9 Å². The zero-order valence-electron chi connectivity index (χ0n) is 11.9. The van der Waals surface area contributed by atoms with Gasteiger partial charge in [0.15, 0.2) is 0 Å². The molecule has 5 heteroatoms. The number of para-hydroxylation sites is 1. The van der Waals surface area contributed by atoms with Crippen molar-refractivity contribution in [3.05, 3.63) is 63.6 Å². The largest absolute Gasteiger partial charge is 0.376 e. The number of thiophene rings is 1. The number of benzene rings is 1. The zero-order chi connectivity index (χ0) is 14.8. The highest BCUT2D eigenvalue weighted by Gasteiger charge is 2.14. The Kier molecular flexibility index (Phi) is 3.99. The highest BCUT2D eigenvalue weighted by atomic mass is 35.5. The smallest absolute Gasteiger partial charge is 0.106 e. The molecule has 0 saturated heterocycles. The number of rotatable bonds is 4. The molecule has 108 valence electrons. The maximum atomic E-state index is 6.36. The van der Waals surface area contributed by atoms with E-state index in [4.69, 9.17) is 11.6 Å². The molecule has 0 spiro atoms. The molecule has 3 aromatic rings. The highest BCUT2D eigenvalue weighted by molar-refractivity contribution is 7.10. The highest BCUT2D eigenvalue weighted by Crippen LogP contribution is 2.32. The SMILES string of the molecule is Cc1ccsc1C(C)Nc1cccc(Cl)c1-n1cccn1. The van der Waals surface area contributed by atoms with Crippen molar-refractivity contribution in [3.8, 4) is 5.69 Å². The quantitative estimate of drug-likeness (QED) is 0.728. The van der Waals surface area contributed by atoms with Crippen molar-refractivity contribution in [2.75, 3.05) is 5.32 Å². The van der Waals surface area contributed by atoms with Crippen molar-refractivity contribution in [1.29, 1.82) is 0 Å². The molecule has 1 unspecified atom stereocenters. The fourth-order valence-electron chi connectivity index (χ4n) is 2.39. The maximum Gasteiger partial charge on any atom is 0.106 e. The molecule has 0 bridgehead atoms. The summed E-state index contributed by atoms with van der Waals surface area (Å²) in [6.45, 7) is 4.29. The average molecular weight is 318 g/mol. The molecule has 0 fully saturated rings. The van der Waals surface area contributed by atoms with E-state index in [9.17, 15) is 0 Å². The van der Waals surface area contributed by atoms with Crippen LogP contribution in [0, 0.1) is 6.92 Å². The van der Waals surface area contributed by atoms with E-state index in [-0.39, 0.29) is 6.04 Å². The molecule has 3 rings (SSSR count). The van der Waals surface area contributed by atoms with E-state index >= 15 is 0 Å². The van der Waals surface area contributed by atoms with Crippen molar-refractivity contribution in [3.63, 3.8) is 0 Å². The third kappa shape index (κ3) is 2.82. The van der Waals surface area contributed by atoms with E-state index in [1.54, 1.807) is 22.2 Å². The average Bonchev–Trinajstić information content (AvgIpc) is 3.10. The minimum absolute atomic E-state index is 0.220. The number of hydrogen-bond donors (Lipinski definition) is 1. The first-order chi connectivity index (χ1) is 10.2. The fourth-order valence-corrected chi connectivity index (χ4v) is 3.59. The Morgan fingerprint density at radius 2 is 2.14 bits per heavy atom. The van der Waals surface area contributed by atoms with Crippen LogP contribution in [0.2, 0.25) is 5.02 Å². The molecule has 0 radical (unpaired) electrons. The summed E-state index contributed by atoms with van der Waals surface area (Å²) < 4.78 is 1.79. The van der Waals surface area contributed by atoms with Crippen molar-refractivity contribution < 1.29 is 0 Å². The van der Waals surface area contributed by atoms with Crippen LogP contribution in [0.1, 0.15) is 23.4 Å². The van der Waals surface area contributed by atoms with Crippen LogP contribution in [0.25, 0.3) is 5.69 Å². The van der Waals surface area contributed by atoms with Crippen LogP contribution in [0.5, 0.6) is 0 Å². The van der Waals surface area contributed by atoms with Crippen molar-refractivity contribution in [2.24, 2.45) is 0 Å². The van der Waals surface area contributed by atoms with Crippen molar-refractivity contribution >= 4 is 28.6 Å². The van der Waals surface area contributed by atoms with Gasteiger partial charge in [-0.2, -0.15) is 5.10 Å². The molecule has 21 heavy (non-hydrogen) atoms. The van der Waals surface area contributed by atoms with Crippen molar-refractivity contribution in [1.82, 2.24) is 9.78 Å². The molecular formula is C16H16ClN3S. The van der Waals surface area contributed by atoms with Gasteiger partial charge in [0.25, 0.3) is 0 Å². The first-order valence-corrected chi connectivity index (χ1v) is 8.01. The van der Waals surface area contributed by atoms with Gasteiger partial charge in [0.05, 0.1) is 16.8 Å². The number of anilines is 1. The molecule has 1 atom stereocenters. The van der Waals surface area contributed by atoms with Gasteiger partial charge >= 0.3 is 0 Å². The second-order valence-electron chi connectivity index (χ2n) is 4.92. The zero-order valence-corrected chi connectivity index (χ0v) is 13.4. The Bertz CT molecular complexity index is 734. The lowest BCUT2D eigenvalue weighted by Gasteiger charge is -2.19. The van der Waals surface area contributed by atoms with Gasteiger partial charge in [-0.25, -0.2) is 4.68 Å². The van der Waals surface area contributed by atoms with E-state index in [0.717, 1.165) is 11.4 Å². The standard InChI is InChI=1S/C16H16ClN3S/c1-11-7-10-21-16(11)12(2)19-14-6-3-5-13(17)15(14)20-9-4-8-18-20/h3-10,12,19H,1-2H3. The van der Waals surface area contributed by atoms with Gasteiger partial charge in [-0.15, -0.1) is 11.3 Å². The first kappa shape index (κ1) is 14.2. The van der Waals surface area contributed by atoms with Crippen LogP contribution >= 0.6 is 22.9 Å². The van der Waals surface area contributed by atoms with E-state index in [0.29, 0.717) is 5.02 Å². The summed E-state index contributed by atoms with van der Waals surface area (Å²) in [6.07, 6.45) is 3.65. The van der Waals surface area contributed by atoms with Gasteiger partial charge in [0.2, 0.25) is 0 Å². The van der Waals surface area contributed by atoms with Crippen LogP contribution in [-0.4, -0.2) is 9.78 Å². The Morgan fingerprint density at radius 1 is 1.29 bits per heavy atom. The molecule has 0 saturated carbocycles. The summed E-state index contributed by atoms with van der Waals surface area (Å²) in [5.41, 5.74) is 3.17. The molecule has 2 aromatic heterocycles. The Hall–Kier alpha value is -1.78. The number of aromatic nitrogens is 2. The predicted molar refractivity (Wildman–Crippen MR) is 89.7 cm³/mol. The third-order valence-corrected chi connectivity index (χ3v) is 4.89. The fraction of sp³-hybridized carbons (Fsp3) is 0.188. The van der Waals surface area contributed by atoms with Gasteiger partial charge in [-0.3, -0.25) is 0 Å². The molecule has 1 N–H and O–H groups in total. The lowest BCUT2D eigenvalue weighted by Crippen LogP contribution is -2.09. The Morgan fingerprint density at radius 3 is 2.81 bits per heavy atom. The molecule has 2 heterocycles. The molecular weight excluding hydrogens is 302 g/mol. The summed E-state index contributed by atoms with van der Waals surface area (Å²) in [6, 6.07) is 10.1. The lowest BCUT2D eigenvalue weighted by atomic mass is 10.1. The minimum atomic E-state index is 0.220. The van der Waals surface area contributed by atoms with E-state index < -0.39 is 0 Å². The van der Waals surface area contributed by atoms with Crippen LogP contribution in [0.3, 0.4) is 0 Å². The monoisotopic (exact) mass is 317 g/mol. The van der Waals surface area contributed by atoms with E-state index in [2.05, 4.69) is 35.7 Å². The Labute approximate surface area is 133 Å². The predicted octanol–water partition coefficient (Wildman–Crippen LogP) is 5.07. The number of halogens is 1. The molecule has 0 amide bonds. The summed E-state index contributed by atoms with van der Waals surface area (Å²) in [7, 11) is 0. The van der Waals surface area contributed by atoms with Gasteiger partial charge in [0, 0.05) is 17.3 Å². The summed E-state index contributed by atoms with van der Waals surface area (Å²) in [5, 5.41) is 10.6. The molecule has 0 aliphatic carbocycles. The maximum absolute atomic E-state index is 6.36. The van der Waals surface area contributed by atoms with Crippen LogP contribution in [0.4, 0.5) is 5.69 Å². The van der Waals surface area contributed by atoms with Gasteiger partial charge < -0.3 is 5.32 Å². The van der Waals surface area contributed by atoms with Gasteiger partial charge in [-0.1, -0.05) is 17.7 Å². The molecule has 1 aromatic carbocycles. The van der Waals surface area contributed by atoms with Gasteiger partial charge in [0.1, 0.15) is 5.69 Å². The topological polar surface area (TPSA) is 29.9 Å². The van der Waals surface area contributed by atoms with Crippen LogP contribution in [-0.2, 0) is 0 Å². The van der Waals surface area contributed by atoms with Crippen LogP contribution in [0.15, 0.2) is 48.1 Å². The summed E-state index contributed by atoms with van der Waals surface area (Å²) in [4.78, 5) is 1.33. The molecule has 0 aliphatic rings. The number of aryl methyl sites for hydroxylation is 1. The van der Waals surface area contributed by atoms with Crippen LogP contribution < -0.4 is 5.32 Å². The third-order valence-electron chi connectivity index (χ3n) is 3.39. The minimum Gasteiger partial charge on any atom is -0.376 e. The summed E-state index contributed by atoms with van der Waals surface area (Å²) in [5.74, 6) is 0. The second kappa shape index (κ2) is 5.92. The molecule has 0 aliphatic heterocycles. The lowest BCUT2D eigenvalue weighted by molar-refractivity contribution is 0.859. The second-order valence-corrected chi connectivity index (χ2v) is 6.28. The Balaban J connectivity index is 1.96. The number of nitrogens with zero attached hydrogens (tertiary/aromatic N) is 2. The number of nitrogens with one attached hydrogen (secondary N) is 1. The first-order valence-electron chi connectivity index (χ1n) is 6.76. The van der Waals surface area contributed by atoms with Gasteiger partial charge in [-0.05, 0) is 49.1 Å². The number of hydrogen-bond acceptors (Lipinski definition) is 3. The van der Waals surface area contributed by atoms with E-state index in [1.807, 2.05) is 30.5 Å². The summed E-state index contributed by atoms with van der Waals surface area (Å²) >= 11 is 8.13. The normalized spacial score (nSPS) is 12.3.